The van der Waals surface area contributed by atoms with Crippen molar-refractivity contribution in [3.63, 3.8) is 0 Å². The van der Waals surface area contributed by atoms with Crippen LogP contribution in [-0.4, -0.2) is 50.9 Å². The quantitative estimate of drug-likeness (QED) is 0.178. The molecule has 4 aromatic rings. The van der Waals surface area contributed by atoms with Gasteiger partial charge in [-0.1, -0.05) is 84.9 Å². The second kappa shape index (κ2) is 15.7. The molecule has 46 heavy (non-hydrogen) atoms. The molecule has 0 saturated heterocycles. The summed E-state index contributed by atoms with van der Waals surface area (Å²) in [6.45, 7) is 0.710. The van der Waals surface area contributed by atoms with Crippen LogP contribution in [0, 0.1) is 0 Å². The summed E-state index contributed by atoms with van der Waals surface area (Å²) in [6.07, 6.45) is 3.33. The van der Waals surface area contributed by atoms with Crippen molar-refractivity contribution in [1.82, 2.24) is 14.9 Å². The van der Waals surface area contributed by atoms with Crippen molar-refractivity contribution in [2.75, 3.05) is 13.7 Å². The Kier molecular flexibility index (Phi) is 11.2. The molecule has 9 heteroatoms. The highest BCUT2D eigenvalue weighted by atomic mass is 32.2. The van der Waals surface area contributed by atoms with Crippen molar-refractivity contribution < 1.29 is 22.7 Å². The number of methoxy groups -OCH3 is 1. The number of aryl methyl sites for hydroxylation is 1. The van der Waals surface area contributed by atoms with Crippen LogP contribution in [0.3, 0.4) is 0 Å². The number of hydrogen-bond acceptors (Lipinski definition) is 5. The van der Waals surface area contributed by atoms with Crippen LogP contribution in [0.25, 0.3) is 0 Å². The van der Waals surface area contributed by atoms with Gasteiger partial charge < -0.3 is 15.0 Å². The Hall–Kier alpha value is -4.47. The first-order valence-corrected chi connectivity index (χ1v) is 17.2. The normalized spacial score (nSPS) is 13.5. The van der Waals surface area contributed by atoms with E-state index in [0.29, 0.717) is 25.8 Å². The lowest BCUT2D eigenvalue weighted by Gasteiger charge is -2.31. The Morgan fingerprint density at radius 3 is 1.98 bits per heavy atom. The minimum absolute atomic E-state index is 0.0290. The molecule has 5 rings (SSSR count). The van der Waals surface area contributed by atoms with Gasteiger partial charge in [-0.05, 0) is 72.2 Å². The topological polar surface area (TPSA) is 105 Å². The molecular weight excluding hydrogens is 598 g/mol. The highest BCUT2D eigenvalue weighted by molar-refractivity contribution is 7.89. The molecule has 0 heterocycles. The monoisotopic (exact) mass is 639 g/mol. The first-order chi connectivity index (χ1) is 22.3. The van der Waals surface area contributed by atoms with Crippen LogP contribution in [-0.2, 0) is 45.4 Å². The molecular formula is C37H41N3O5S. The molecule has 0 bridgehead atoms. The van der Waals surface area contributed by atoms with Crippen LogP contribution < -0.4 is 14.8 Å². The fourth-order valence-corrected chi connectivity index (χ4v) is 6.60. The van der Waals surface area contributed by atoms with E-state index in [1.165, 1.54) is 0 Å². The number of carbonyl (C=O) groups is 2. The van der Waals surface area contributed by atoms with Crippen LogP contribution in [0.2, 0.25) is 0 Å². The third-order valence-corrected chi connectivity index (χ3v) is 9.64. The lowest BCUT2D eigenvalue weighted by Crippen LogP contribution is -2.50. The van der Waals surface area contributed by atoms with Gasteiger partial charge in [0.2, 0.25) is 21.8 Å². The SMILES string of the molecule is COc1ccc(CCNC(=O)[C@H](Cc2ccccc2)N(Cc2ccccc2)C(=O)CCc2ccc(S(=O)(=O)NC3CC3)cc2)cc1. The van der Waals surface area contributed by atoms with Crippen LogP contribution in [0.15, 0.2) is 114 Å². The summed E-state index contributed by atoms with van der Waals surface area (Å²) >= 11 is 0. The molecule has 0 aromatic heterocycles. The van der Waals surface area contributed by atoms with Gasteiger partial charge in [-0.15, -0.1) is 0 Å². The lowest BCUT2D eigenvalue weighted by atomic mass is 10.0. The second-order valence-electron chi connectivity index (χ2n) is 11.6. The molecule has 2 N–H and O–H groups in total. The molecule has 1 saturated carbocycles. The van der Waals surface area contributed by atoms with Gasteiger partial charge in [-0.2, -0.15) is 0 Å². The number of sulfonamides is 1. The van der Waals surface area contributed by atoms with Gasteiger partial charge in [-0.25, -0.2) is 13.1 Å². The van der Waals surface area contributed by atoms with Crippen molar-refractivity contribution in [3.8, 4) is 5.75 Å². The molecule has 0 unspecified atom stereocenters. The third kappa shape index (κ3) is 9.52. The maximum absolute atomic E-state index is 14.0. The van der Waals surface area contributed by atoms with Crippen molar-refractivity contribution in [2.24, 2.45) is 0 Å². The highest BCUT2D eigenvalue weighted by Crippen LogP contribution is 2.23. The standard InChI is InChI=1S/C37H41N3O5S/c1-45-33-19-12-29(13-20-33)24-25-38-37(42)35(26-30-8-4-2-5-9-30)40(27-31-10-6-3-7-11-31)36(41)23-16-28-14-21-34(22-15-28)46(43,44)39-32-17-18-32/h2-15,19-22,32,35,39H,16-18,23-27H2,1H3,(H,38,42)/t35-/m0/s1. The molecule has 0 aliphatic heterocycles. The molecule has 0 radical (unpaired) electrons. The van der Waals surface area contributed by atoms with Crippen LogP contribution in [0.5, 0.6) is 5.75 Å². The number of rotatable bonds is 16. The number of hydrogen-bond donors (Lipinski definition) is 2. The van der Waals surface area contributed by atoms with E-state index in [4.69, 9.17) is 4.74 Å². The number of ether oxygens (including phenoxy) is 1. The van der Waals surface area contributed by atoms with E-state index in [-0.39, 0.29) is 35.7 Å². The van der Waals surface area contributed by atoms with E-state index in [9.17, 15) is 18.0 Å². The Morgan fingerprint density at radius 2 is 1.37 bits per heavy atom. The predicted octanol–water partition coefficient (Wildman–Crippen LogP) is 5.07. The van der Waals surface area contributed by atoms with Crippen molar-refractivity contribution in [3.05, 3.63) is 131 Å². The van der Waals surface area contributed by atoms with Gasteiger partial charge in [0, 0.05) is 32.0 Å². The highest BCUT2D eigenvalue weighted by Gasteiger charge is 2.30. The first-order valence-electron chi connectivity index (χ1n) is 15.7. The maximum atomic E-state index is 14.0. The van der Waals surface area contributed by atoms with Gasteiger partial charge in [0.05, 0.1) is 12.0 Å². The predicted molar refractivity (Wildman–Crippen MR) is 179 cm³/mol. The van der Waals surface area contributed by atoms with Gasteiger partial charge in [-0.3, -0.25) is 9.59 Å². The van der Waals surface area contributed by atoms with Crippen LogP contribution >= 0.6 is 0 Å². The second-order valence-corrected chi connectivity index (χ2v) is 13.4. The molecule has 1 aliphatic rings. The average Bonchev–Trinajstić information content (AvgIpc) is 3.90. The molecule has 2 amide bonds. The zero-order valence-corrected chi connectivity index (χ0v) is 26.9. The minimum atomic E-state index is -3.55. The summed E-state index contributed by atoms with van der Waals surface area (Å²) in [5.74, 6) is 0.416. The van der Waals surface area contributed by atoms with E-state index < -0.39 is 16.1 Å². The summed E-state index contributed by atoms with van der Waals surface area (Å²) in [7, 11) is -1.92. The number of carbonyl (C=O) groups excluding carboxylic acids is 2. The lowest BCUT2D eigenvalue weighted by molar-refractivity contribution is -0.141. The number of amides is 2. The Morgan fingerprint density at radius 1 is 0.783 bits per heavy atom. The molecule has 0 spiro atoms. The Bertz CT molecular complexity index is 1670. The maximum Gasteiger partial charge on any atom is 0.243 e. The molecule has 1 aliphatic carbocycles. The van der Waals surface area contributed by atoms with Gasteiger partial charge in [0.1, 0.15) is 11.8 Å². The van der Waals surface area contributed by atoms with Crippen LogP contribution in [0.4, 0.5) is 0 Å². The smallest absolute Gasteiger partial charge is 0.243 e. The molecule has 1 atom stereocenters. The van der Waals surface area contributed by atoms with Gasteiger partial charge >= 0.3 is 0 Å². The minimum Gasteiger partial charge on any atom is -0.497 e. The fraction of sp³-hybridized carbons (Fsp3) is 0.297. The Balaban J connectivity index is 1.31. The zero-order valence-electron chi connectivity index (χ0n) is 26.1. The molecule has 240 valence electrons. The van der Waals surface area contributed by atoms with Gasteiger partial charge in [0.25, 0.3) is 0 Å². The number of nitrogens with zero attached hydrogens (tertiary/aromatic N) is 1. The molecule has 1 fully saturated rings. The van der Waals surface area contributed by atoms with Crippen LogP contribution in [0.1, 0.15) is 41.5 Å². The molecule has 8 nitrogen and oxygen atoms in total. The van der Waals surface area contributed by atoms with E-state index in [1.807, 2.05) is 84.9 Å². The molecule has 4 aromatic carbocycles. The van der Waals surface area contributed by atoms with Crippen molar-refractivity contribution >= 4 is 21.8 Å². The summed E-state index contributed by atoms with van der Waals surface area (Å²) in [6, 6.07) is 33.1. The summed E-state index contributed by atoms with van der Waals surface area (Å²) < 4.78 is 33.1. The average molecular weight is 640 g/mol. The Labute approximate surface area is 271 Å². The summed E-state index contributed by atoms with van der Waals surface area (Å²) in [5.41, 5.74) is 3.81. The van der Waals surface area contributed by atoms with Crippen molar-refractivity contribution in [1.29, 1.82) is 0 Å². The number of nitrogens with one attached hydrogen (secondary N) is 2. The van der Waals surface area contributed by atoms with E-state index in [1.54, 1.807) is 36.3 Å². The summed E-state index contributed by atoms with van der Waals surface area (Å²) in [5, 5.41) is 3.09. The largest absolute Gasteiger partial charge is 0.497 e. The van der Waals surface area contributed by atoms with Gasteiger partial charge in [0.15, 0.2) is 0 Å². The zero-order chi connectivity index (χ0) is 32.4. The third-order valence-electron chi connectivity index (χ3n) is 8.10. The first kappa shape index (κ1) is 32.9. The van der Waals surface area contributed by atoms with E-state index in [0.717, 1.165) is 40.8 Å². The fourth-order valence-electron chi connectivity index (χ4n) is 5.29. The number of benzene rings is 4. The van der Waals surface area contributed by atoms with E-state index in [2.05, 4.69) is 10.0 Å². The van der Waals surface area contributed by atoms with E-state index >= 15 is 0 Å². The van der Waals surface area contributed by atoms with Crippen molar-refractivity contribution in [2.45, 2.75) is 62.0 Å². The summed E-state index contributed by atoms with van der Waals surface area (Å²) in [4.78, 5) is 29.8.